The number of ether oxygens (including phenoxy) is 8. The number of aromatic nitrogens is 1. The molecule has 1 saturated carbocycles. The molecule has 0 atom stereocenters. The number of fused-ring (bicyclic) bond motifs is 1. The number of benzene rings is 1. The normalized spacial score (nSPS) is 14.7. The first-order valence-electron chi connectivity index (χ1n) is 24.8. The molecule has 1 fully saturated rings. The number of nitrogens with one attached hydrogen (secondary N) is 3. The Balaban J connectivity index is 0.897. The van der Waals surface area contributed by atoms with E-state index in [9.17, 15) is 24.0 Å². The van der Waals surface area contributed by atoms with Gasteiger partial charge in [0.25, 0.3) is 5.91 Å². The van der Waals surface area contributed by atoms with Crippen molar-refractivity contribution in [1.82, 2.24) is 20.5 Å². The van der Waals surface area contributed by atoms with Crippen LogP contribution in [0.3, 0.4) is 0 Å². The number of unbranched alkanes of at least 4 members (excludes halogenated alkanes) is 2. The first-order chi connectivity index (χ1) is 34.2. The molecule has 0 unspecified atom stereocenters. The lowest BCUT2D eigenvalue weighted by molar-refractivity contribution is -0.138. The second kappa shape index (κ2) is 35.6. The Morgan fingerprint density at radius 2 is 1.24 bits per heavy atom. The molecule has 0 aliphatic heterocycles. The summed E-state index contributed by atoms with van der Waals surface area (Å²) in [6, 6.07) is 11.6. The van der Waals surface area contributed by atoms with Crippen LogP contribution in [-0.2, 0) is 63.6 Å². The van der Waals surface area contributed by atoms with Crippen molar-refractivity contribution in [2.24, 2.45) is 5.92 Å². The van der Waals surface area contributed by atoms with Crippen LogP contribution in [0.15, 0.2) is 41.8 Å². The number of likely N-dealkylation sites (N-methyl/N-ethyl adjacent to an activating group) is 1. The molecule has 0 saturated heterocycles. The highest BCUT2D eigenvalue weighted by Crippen LogP contribution is 2.28. The molecule has 0 bridgehead atoms. The van der Waals surface area contributed by atoms with Gasteiger partial charge in [0.2, 0.25) is 17.7 Å². The minimum absolute atomic E-state index is 0.0150. The maximum Gasteiger partial charge on any atom is 0.305 e. The molecule has 1 aromatic carbocycles. The van der Waals surface area contributed by atoms with E-state index in [1.165, 1.54) is 0 Å². The van der Waals surface area contributed by atoms with E-state index in [0.717, 1.165) is 40.7 Å². The monoisotopic (exact) mass is 1000 g/mol. The van der Waals surface area contributed by atoms with Gasteiger partial charge in [-0.05, 0) is 87.6 Å². The van der Waals surface area contributed by atoms with Crippen molar-refractivity contribution in [1.29, 1.82) is 0 Å². The number of thiophene rings is 1. The molecule has 19 nitrogen and oxygen atoms in total. The summed E-state index contributed by atoms with van der Waals surface area (Å²) < 4.78 is 46.1. The highest BCUT2D eigenvalue weighted by molar-refractivity contribution is 7.17. The Labute approximate surface area is 416 Å². The first kappa shape index (κ1) is 58.1. The number of rotatable bonds is 40. The third-order valence-electron chi connectivity index (χ3n) is 11.4. The number of carboxylic acid groups (broad SMARTS) is 1. The van der Waals surface area contributed by atoms with Gasteiger partial charge in [0.05, 0.1) is 122 Å². The zero-order chi connectivity index (χ0) is 50.0. The quantitative estimate of drug-likeness (QED) is 0.0565. The van der Waals surface area contributed by atoms with E-state index in [4.69, 9.17) is 43.0 Å². The molecular weight excluding hydrogens is 927 g/mol. The van der Waals surface area contributed by atoms with Gasteiger partial charge >= 0.3 is 5.97 Å². The number of carbonyl (C=O) groups is 5. The Morgan fingerprint density at radius 1 is 0.671 bits per heavy atom. The summed E-state index contributed by atoms with van der Waals surface area (Å²) in [7, 11) is 0. The van der Waals surface area contributed by atoms with E-state index < -0.39 is 5.97 Å². The van der Waals surface area contributed by atoms with Crippen molar-refractivity contribution in [2.45, 2.75) is 84.2 Å². The van der Waals surface area contributed by atoms with E-state index in [-0.39, 0.29) is 55.2 Å². The molecule has 4 N–H and O–H groups in total. The number of aliphatic carboxylic acids is 1. The lowest BCUT2D eigenvalue weighted by Crippen LogP contribution is -2.42. The summed E-state index contributed by atoms with van der Waals surface area (Å²) in [5, 5.41) is 19.6. The summed E-state index contributed by atoms with van der Waals surface area (Å²) in [6.45, 7) is 12.2. The van der Waals surface area contributed by atoms with Crippen LogP contribution in [0.25, 0.3) is 10.2 Å². The Morgan fingerprint density at radius 3 is 1.80 bits per heavy atom. The lowest BCUT2D eigenvalue weighted by atomic mass is 9.85. The fraction of sp³-hybridized carbons (Fsp3) is 0.660. The van der Waals surface area contributed by atoms with Crippen molar-refractivity contribution < 1.29 is 67.0 Å². The number of hydrogen-bond acceptors (Lipinski definition) is 14. The van der Waals surface area contributed by atoms with Crippen molar-refractivity contribution in [2.75, 3.05) is 130 Å². The first-order valence-corrected chi connectivity index (χ1v) is 25.7. The molecule has 2 aromatic heterocycles. The third-order valence-corrected chi connectivity index (χ3v) is 12.3. The maximum absolute atomic E-state index is 13.7. The van der Waals surface area contributed by atoms with Gasteiger partial charge < -0.3 is 68.4 Å². The van der Waals surface area contributed by atoms with Crippen LogP contribution in [0.4, 0.5) is 5.69 Å². The van der Waals surface area contributed by atoms with Gasteiger partial charge in [-0.1, -0.05) is 18.6 Å². The van der Waals surface area contributed by atoms with Crippen molar-refractivity contribution >= 4 is 56.8 Å². The number of nitrogens with zero attached hydrogens (tertiary/aromatic N) is 2. The van der Waals surface area contributed by atoms with Gasteiger partial charge in [0.1, 0.15) is 12.2 Å². The predicted octanol–water partition coefficient (Wildman–Crippen LogP) is 4.75. The fourth-order valence-electron chi connectivity index (χ4n) is 7.71. The summed E-state index contributed by atoms with van der Waals surface area (Å²) >= 11 is 1.54. The molecule has 4 rings (SSSR count). The van der Waals surface area contributed by atoms with E-state index in [2.05, 4.69) is 16.0 Å². The molecule has 1 aliphatic carbocycles. The molecule has 0 radical (unpaired) electrons. The van der Waals surface area contributed by atoms with Crippen molar-refractivity contribution in [3.05, 3.63) is 53.0 Å². The van der Waals surface area contributed by atoms with Gasteiger partial charge in [-0.3, -0.25) is 24.0 Å². The van der Waals surface area contributed by atoms with Crippen molar-refractivity contribution in [3.63, 3.8) is 0 Å². The fourth-order valence-corrected chi connectivity index (χ4v) is 8.53. The third kappa shape index (κ3) is 23.6. The van der Waals surface area contributed by atoms with Crippen LogP contribution < -0.4 is 20.9 Å². The van der Waals surface area contributed by atoms with E-state index in [1.807, 2.05) is 60.2 Å². The molecule has 1 aliphatic rings. The van der Waals surface area contributed by atoms with Gasteiger partial charge in [0.15, 0.2) is 0 Å². The van der Waals surface area contributed by atoms with Crippen LogP contribution in [-0.4, -0.2) is 171 Å². The van der Waals surface area contributed by atoms with Crippen LogP contribution in [0.5, 0.6) is 0 Å². The lowest BCUT2D eigenvalue weighted by Gasteiger charge is -2.28. The van der Waals surface area contributed by atoms with Gasteiger partial charge in [0, 0.05) is 43.7 Å². The van der Waals surface area contributed by atoms with Gasteiger partial charge in [-0.15, -0.1) is 11.3 Å². The molecule has 4 amide bonds. The summed E-state index contributed by atoms with van der Waals surface area (Å²) in [5.41, 5.74) is 3.24. The van der Waals surface area contributed by atoms with Crippen LogP contribution >= 0.6 is 11.3 Å². The molecular formula is C50H77N5O14S. The molecule has 392 valence electrons. The second-order valence-electron chi connectivity index (χ2n) is 16.8. The zero-order valence-corrected chi connectivity index (χ0v) is 42.1. The molecule has 20 heteroatoms. The highest BCUT2D eigenvalue weighted by atomic mass is 32.1. The SMILES string of the molecule is CCN(C(=O)Cn1c(C(=O)N[C@H]2CC[C@H](C(=O)NCCCCCC(=O)NCCOCCOCCOCCOCCOCCOCCOCCOCCC(=O)O)CC2)cc2sccc21)c1cccc(C)c1. The maximum atomic E-state index is 13.7. The van der Waals surface area contributed by atoms with Gasteiger partial charge in [-0.2, -0.15) is 0 Å². The number of aryl methyl sites for hydroxylation is 1. The van der Waals surface area contributed by atoms with Crippen molar-refractivity contribution in [3.8, 4) is 0 Å². The average Bonchev–Trinajstić information content (AvgIpc) is 3.95. The topological polar surface area (TPSA) is 224 Å². The zero-order valence-electron chi connectivity index (χ0n) is 41.3. The number of anilines is 1. The van der Waals surface area contributed by atoms with E-state index in [0.29, 0.717) is 157 Å². The number of carboxylic acids is 1. The largest absolute Gasteiger partial charge is 0.481 e. The predicted molar refractivity (Wildman–Crippen MR) is 266 cm³/mol. The Kier molecular flexibility index (Phi) is 29.5. The number of hydrogen-bond donors (Lipinski definition) is 4. The highest BCUT2D eigenvalue weighted by Gasteiger charge is 2.29. The standard InChI is InChI=1S/C50H77N5O14S/c1-3-54(42-9-7-8-39(2)36-42)47(57)38-55-43-16-35-70-45(43)37-44(55)50(61)53-41-13-11-40(12-14-41)49(60)52-17-6-4-5-10-46(56)51-18-20-63-22-24-65-26-28-67-30-32-69-34-33-68-31-29-66-27-25-64-23-21-62-19-15-48(58)59/h7-9,16,35-37,40-41H,3-6,10-15,17-34,38H2,1-2H3,(H,51,56)(H,52,60)(H,53,61)(H,58,59)/t40-,41-. The van der Waals surface area contributed by atoms with E-state index in [1.54, 1.807) is 16.2 Å². The Hall–Kier alpha value is -4.51. The molecule has 0 spiro atoms. The summed E-state index contributed by atoms with van der Waals surface area (Å²) in [6.07, 6.45) is 5.54. The second-order valence-corrected chi connectivity index (χ2v) is 17.7. The average molecular weight is 1000 g/mol. The Bertz CT molecular complexity index is 1950. The molecule has 70 heavy (non-hydrogen) atoms. The number of carbonyl (C=O) groups excluding carboxylic acids is 4. The molecule has 2 heterocycles. The summed E-state index contributed by atoms with van der Waals surface area (Å²) in [5.74, 6) is -1.25. The minimum atomic E-state index is -0.884. The molecule has 3 aromatic rings. The van der Waals surface area contributed by atoms with Crippen LogP contribution in [0.1, 0.15) is 80.8 Å². The van der Waals surface area contributed by atoms with Crippen LogP contribution in [0, 0.1) is 12.8 Å². The number of amides is 4. The van der Waals surface area contributed by atoms with E-state index >= 15 is 0 Å². The minimum Gasteiger partial charge on any atom is -0.481 e. The smallest absolute Gasteiger partial charge is 0.305 e. The van der Waals surface area contributed by atoms with Gasteiger partial charge in [-0.25, -0.2) is 0 Å². The van der Waals surface area contributed by atoms with Crippen LogP contribution in [0.2, 0.25) is 0 Å². The summed E-state index contributed by atoms with van der Waals surface area (Å²) in [4.78, 5) is 64.6.